The molecule has 0 aliphatic carbocycles. The molecule has 1 aliphatic rings. The Balaban J connectivity index is 0.00000280. The van der Waals surface area contributed by atoms with Gasteiger partial charge in [0.05, 0.1) is 20.3 Å². The lowest BCUT2D eigenvalue weighted by Gasteiger charge is -2.15. The zero-order valence-electron chi connectivity index (χ0n) is 16.6. The van der Waals surface area contributed by atoms with E-state index in [1.54, 1.807) is 14.2 Å². The minimum Gasteiger partial charge on any atom is -0.496 e. The molecule has 0 radical (unpaired) electrons. The fourth-order valence-corrected chi connectivity index (χ4v) is 2.90. The van der Waals surface area contributed by atoms with Crippen LogP contribution >= 0.6 is 24.0 Å². The summed E-state index contributed by atoms with van der Waals surface area (Å²) in [6.07, 6.45) is 0.904. The molecular formula is C21H28IN3O3. The lowest BCUT2D eigenvalue weighted by molar-refractivity contribution is 0.297. The number of aliphatic imine (C=N–C) groups is 1. The molecule has 3 rings (SSSR count). The van der Waals surface area contributed by atoms with E-state index in [1.165, 1.54) is 5.56 Å². The van der Waals surface area contributed by atoms with Gasteiger partial charge < -0.3 is 24.8 Å². The van der Waals surface area contributed by atoms with Crippen LogP contribution in [0, 0.1) is 6.92 Å². The van der Waals surface area contributed by atoms with E-state index < -0.39 is 0 Å². The highest BCUT2D eigenvalue weighted by Gasteiger charge is 2.11. The Bertz CT molecular complexity index is 811. The molecule has 1 heterocycles. The van der Waals surface area contributed by atoms with Gasteiger partial charge in [0.25, 0.3) is 0 Å². The van der Waals surface area contributed by atoms with Gasteiger partial charge >= 0.3 is 0 Å². The van der Waals surface area contributed by atoms with Crippen LogP contribution in [-0.2, 0) is 13.1 Å². The number of rotatable bonds is 5. The number of benzene rings is 2. The van der Waals surface area contributed by atoms with Crippen molar-refractivity contribution >= 4 is 29.9 Å². The monoisotopic (exact) mass is 497 g/mol. The Morgan fingerprint density at radius 2 is 1.79 bits per heavy atom. The lowest BCUT2D eigenvalue weighted by atomic mass is 10.1. The van der Waals surface area contributed by atoms with Crippen molar-refractivity contribution in [1.82, 2.24) is 10.6 Å². The Morgan fingerprint density at radius 1 is 1.04 bits per heavy atom. The van der Waals surface area contributed by atoms with Gasteiger partial charge in [0, 0.05) is 32.1 Å². The summed E-state index contributed by atoms with van der Waals surface area (Å²) in [5.41, 5.74) is 3.37. The standard InChI is InChI=1S/C21H27N3O3.HI/c1-15-5-7-17(19(11-15)25-3)14-24-21(22-2)23-13-16-6-8-18-20(12-16)27-10-4-9-26-18;/h5-8,11-12H,4,9-10,13-14H2,1-3H3,(H2,22,23,24);1H. The topological polar surface area (TPSA) is 64.1 Å². The molecule has 0 spiro atoms. The number of aryl methyl sites for hydroxylation is 1. The van der Waals surface area contributed by atoms with Crippen molar-refractivity contribution in [3.8, 4) is 17.2 Å². The second-order valence-electron chi connectivity index (χ2n) is 6.43. The van der Waals surface area contributed by atoms with Crippen LogP contribution < -0.4 is 24.8 Å². The van der Waals surface area contributed by atoms with Crippen LogP contribution in [0.1, 0.15) is 23.1 Å². The normalized spacial score (nSPS) is 13.2. The Kier molecular flexibility index (Phi) is 8.69. The third kappa shape index (κ3) is 5.92. The maximum absolute atomic E-state index is 5.75. The third-order valence-corrected chi connectivity index (χ3v) is 4.38. The molecule has 28 heavy (non-hydrogen) atoms. The number of nitrogens with zero attached hydrogens (tertiary/aromatic N) is 1. The quantitative estimate of drug-likeness (QED) is 0.375. The number of nitrogens with one attached hydrogen (secondary N) is 2. The van der Waals surface area contributed by atoms with Gasteiger partial charge in [-0.25, -0.2) is 0 Å². The highest BCUT2D eigenvalue weighted by Crippen LogP contribution is 2.30. The minimum absolute atomic E-state index is 0. The van der Waals surface area contributed by atoms with Crippen molar-refractivity contribution in [2.24, 2.45) is 4.99 Å². The van der Waals surface area contributed by atoms with E-state index in [9.17, 15) is 0 Å². The summed E-state index contributed by atoms with van der Waals surface area (Å²) in [6, 6.07) is 12.2. The molecule has 0 fully saturated rings. The van der Waals surface area contributed by atoms with Crippen molar-refractivity contribution < 1.29 is 14.2 Å². The fraction of sp³-hybridized carbons (Fsp3) is 0.381. The molecule has 2 aromatic rings. The molecule has 152 valence electrons. The molecule has 2 N–H and O–H groups in total. The van der Waals surface area contributed by atoms with E-state index in [-0.39, 0.29) is 24.0 Å². The summed E-state index contributed by atoms with van der Waals surface area (Å²) in [5.74, 6) is 3.22. The molecule has 0 atom stereocenters. The van der Waals surface area contributed by atoms with Gasteiger partial charge in [-0.1, -0.05) is 18.2 Å². The van der Waals surface area contributed by atoms with E-state index in [0.717, 1.165) is 40.8 Å². The van der Waals surface area contributed by atoms with Gasteiger partial charge in [-0.05, 0) is 36.2 Å². The molecule has 0 aromatic heterocycles. The molecule has 0 bridgehead atoms. The predicted molar refractivity (Wildman–Crippen MR) is 122 cm³/mol. The number of fused-ring (bicyclic) bond motifs is 1. The third-order valence-electron chi connectivity index (χ3n) is 4.38. The van der Waals surface area contributed by atoms with Crippen LogP contribution in [0.25, 0.3) is 0 Å². The summed E-state index contributed by atoms with van der Waals surface area (Å²) >= 11 is 0. The van der Waals surface area contributed by atoms with E-state index in [4.69, 9.17) is 14.2 Å². The van der Waals surface area contributed by atoms with Crippen LogP contribution in [0.5, 0.6) is 17.2 Å². The summed E-state index contributed by atoms with van der Waals surface area (Å²) in [7, 11) is 3.45. The first-order valence-corrected chi connectivity index (χ1v) is 9.16. The Morgan fingerprint density at radius 3 is 2.54 bits per heavy atom. The molecular weight excluding hydrogens is 469 g/mol. The SMILES string of the molecule is CN=C(NCc1ccc2c(c1)OCCCO2)NCc1ccc(C)cc1OC.I. The largest absolute Gasteiger partial charge is 0.496 e. The van der Waals surface area contributed by atoms with Crippen LogP contribution in [0.15, 0.2) is 41.4 Å². The number of methoxy groups -OCH3 is 1. The highest BCUT2D eigenvalue weighted by molar-refractivity contribution is 14.0. The van der Waals surface area contributed by atoms with E-state index >= 15 is 0 Å². The van der Waals surface area contributed by atoms with Crippen LogP contribution in [0.2, 0.25) is 0 Å². The fourth-order valence-electron chi connectivity index (χ4n) is 2.90. The van der Waals surface area contributed by atoms with Crippen LogP contribution in [0.4, 0.5) is 0 Å². The Labute approximate surface area is 183 Å². The molecule has 1 aliphatic heterocycles. The van der Waals surface area contributed by atoms with Crippen molar-refractivity contribution in [3.05, 3.63) is 53.1 Å². The smallest absolute Gasteiger partial charge is 0.191 e. The van der Waals surface area contributed by atoms with Gasteiger partial charge in [0.15, 0.2) is 17.5 Å². The molecule has 0 unspecified atom stereocenters. The second kappa shape index (κ2) is 11.0. The van der Waals surface area contributed by atoms with E-state index in [0.29, 0.717) is 26.3 Å². The Hall–Kier alpha value is -2.16. The maximum Gasteiger partial charge on any atom is 0.191 e. The van der Waals surface area contributed by atoms with Gasteiger partial charge in [-0.3, -0.25) is 4.99 Å². The number of hydrogen-bond acceptors (Lipinski definition) is 4. The summed E-state index contributed by atoms with van der Waals surface area (Å²) < 4.78 is 16.9. The summed E-state index contributed by atoms with van der Waals surface area (Å²) in [6.45, 7) is 4.70. The van der Waals surface area contributed by atoms with Gasteiger partial charge in [-0.15, -0.1) is 24.0 Å². The molecule has 6 nitrogen and oxygen atoms in total. The highest BCUT2D eigenvalue weighted by atomic mass is 127. The van der Waals surface area contributed by atoms with Gasteiger partial charge in [0.2, 0.25) is 0 Å². The van der Waals surface area contributed by atoms with Gasteiger partial charge in [0.1, 0.15) is 5.75 Å². The number of guanidine groups is 1. The molecule has 2 aromatic carbocycles. The first-order chi connectivity index (χ1) is 13.2. The zero-order valence-corrected chi connectivity index (χ0v) is 18.9. The van der Waals surface area contributed by atoms with Gasteiger partial charge in [-0.2, -0.15) is 0 Å². The minimum atomic E-state index is 0. The predicted octanol–water partition coefficient (Wildman–Crippen LogP) is 3.65. The first-order valence-electron chi connectivity index (χ1n) is 9.16. The number of ether oxygens (including phenoxy) is 3. The molecule has 0 saturated carbocycles. The van der Waals surface area contributed by atoms with Crippen LogP contribution in [0.3, 0.4) is 0 Å². The molecule has 7 heteroatoms. The van der Waals surface area contributed by atoms with Crippen molar-refractivity contribution in [3.63, 3.8) is 0 Å². The van der Waals surface area contributed by atoms with E-state index in [2.05, 4.69) is 34.7 Å². The van der Waals surface area contributed by atoms with E-state index in [1.807, 2.05) is 24.3 Å². The number of hydrogen-bond donors (Lipinski definition) is 2. The van der Waals surface area contributed by atoms with Crippen molar-refractivity contribution in [2.75, 3.05) is 27.4 Å². The zero-order chi connectivity index (χ0) is 19.1. The summed E-state index contributed by atoms with van der Waals surface area (Å²) in [5, 5.41) is 6.65. The molecule has 0 amide bonds. The first kappa shape index (κ1) is 22.1. The van der Waals surface area contributed by atoms with Crippen molar-refractivity contribution in [2.45, 2.75) is 26.4 Å². The maximum atomic E-state index is 5.75. The summed E-state index contributed by atoms with van der Waals surface area (Å²) in [4.78, 5) is 4.29. The van der Waals surface area contributed by atoms with Crippen LogP contribution in [-0.4, -0.2) is 33.3 Å². The van der Waals surface area contributed by atoms with Crippen molar-refractivity contribution in [1.29, 1.82) is 0 Å². The number of halogens is 1. The lowest BCUT2D eigenvalue weighted by Crippen LogP contribution is -2.36. The average molecular weight is 497 g/mol. The average Bonchev–Trinajstić information content (AvgIpc) is 2.93. The molecule has 0 saturated heterocycles. The second-order valence-corrected chi connectivity index (χ2v) is 6.43.